The number of imidazole rings is 1. The highest BCUT2D eigenvalue weighted by molar-refractivity contribution is 5.96. The van der Waals surface area contributed by atoms with Gasteiger partial charge in [0.15, 0.2) is 0 Å². The number of nitrogens with one attached hydrogen (secondary N) is 1. The molecule has 0 unspecified atom stereocenters. The molecule has 0 saturated carbocycles. The van der Waals surface area contributed by atoms with Crippen molar-refractivity contribution in [2.24, 2.45) is 7.05 Å². The molecule has 2 aromatic heterocycles. The van der Waals surface area contributed by atoms with Crippen molar-refractivity contribution < 1.29 is 14.3 Å². The maximum atomic E-state index is 12.9. The number of aromatic nitrogens is 3. The van der Waals surface area contributed by atoms with Crippen LogP contribution in [-0.4, -0.2) is 71.8 Å². The van der Waals surface area contributed by atoms with Gasteiger partial charge in [-0.3, -0.25) is 4.79 Å². The minimum atomic E-state index is -0.182. The second-order valence-corrected chi connectivity index (χ2v) is 6.53. The summed E-state index contributed by atoms with van der Waals surface area (Å²) in [5.41, 5.74) is 1.55. The minimum Gasteiger partial charge on any atom is -0.475 e. The zero-order valence-corrected chi connectivity index (χ0v) is 15.4. The standard InChI is InChI=1S/C18H25N5O3/c1-22-10-14(16-9-19-12-23(16)2)15(11-22)21-17(24)13-5-4-6-20-18(13)26-8-7-25-3/h4-6,9,12,14-15H,7-8,10-11H2,1-3H3,(H,21,24)/t14-,15-/m1/s1. The summed E-state index contributed by atoms with van der Waals surface area (Å²) in [4.78, 5) is 23.5. The summed E-state index contributed by atoms with van der Waals surface area (Å²) >= 11 is 0. The number of nitrogens with zero attached hydrogens (tertiary/aromatic N) is 4. The lowest BCUT2D eigenvalue weighted by atomic mass is 9.99. The highest BCUT2D eigenvalue weighted by Crippen LogP contribution is 2.27. The van der Waals surface area contributed by atoms with Gasteiger partial charge in [-0.15, -0.1) is 0 Å². The van der Waals surface area contributed by atoms with E-state index in [2.05, 4.69) is 27.2 Å². The van der Waals surface area contributed by atoms with Gasteiger partial charge in [0.2, 0.25) is 5.88 Å². The lowest BCUT2D eigenvalue weighted by molar-refractivity contribution is 0.0926. The van der Waals surface area contributed by atoms with E-state index in [0.29, 0.717) is 24.7 Å². The summed E-state index contributed by atoms with van der Waals surface area (Å²) in [6.07, 6.45) is 5.27. The summed E-state index contributed by atoms with van der Waals surface area (Å²) in [6.45, 7) is 2.43. The highest BCUT2D eigenvalue weighted by Gasteiger charge is 2.35. The van der Waals surface area contributed by atoms with Crippen molar-refractivity contribution in [1.82, 2.24) is 24.8 Å². The molecule has 0 spiro atoms. The number of ether oxygens (including phenoxy) is 2. The van der Waals surface area contributed by atoms with Crippen LogP contribution < -0.4 is 10.1 Å². The molecule has 1 N–H and O–H groups in total. The van der Waals surface area contributed by atoms with E-state index in [1.807, 2.05) is 17.8 Å². The molecule has 1 aliphatic heterocycles. The first-order valence-corrected chi connectivity index (χ1v) is 8.62. The SMILES string of the molecule is COCCOc1ncccc1C(=O)N[C@@H]1CN(C)C[C@H]1c1cncn1C. The van der Waals surface area contributed by atoms with E-state index in [4.69, 9.17) is 9.47 Å². The number of aryl methyl sites for hydroxylation is 1. The summed E-state index contributed by atoms with van der Waals surface area (Å²) in [7, 11) is 5.63. The molecule has 3 heterocycles. The smallest absolute Gasteiger partial charge is 0.257 e. The second-order valence-electron chi connectivity index (χ2n) is 6.53. The Hall–Kier alpha value is -2.45. The van der Waals surface area contributed by atoms with E-state index < -0.39 is 0 Å². The van der Waals surface area contributed by atoms with Gasteiger partial charge < -0.3 is 24.3 Å². The summed E-state index contributed by atoms with van der Waals surface area (Å²) in [6, 6.07) is 3.45. The Morgan fingerprint density at radius 2 is 2.19 bits per heavy atom. The number of likely N-dealkylation sites (N-methyl/N-ethyl adjacent to an activating group) is 1. The molecule has 0 radical (unpaired) electrons. The van der Waals surface area contributed by atoms with Crippen LogP contribution in [0.4, 0.5) is 0 Å². The van der Waals surface area contributed by atoms with Crippen LogP contribution in [0, 0.1) is 0 Å². The predicted molar refractivity (Wildman–Crippen MR) is 96.3 cm³/mol. The van der Waals surface area contributed by atoms with Crippen LogP contribution in [0.1, 0.15) is 22.0 Å². The Morgan fingerprint density at radius 3 is 2.92 bits per heavy atom. The van der Waals surface area contributed by atoms with Gasteiger partial charge in [-0.1, -0.05) is 0 Å². The van der Waals surface area contributed by atoms with Crippen molar-refractivity contribution in [2.45, 2.75) is 12.0 Å². The van der Waals surface area contributed by atoms with Crippen LogP contribution >= 0.6 is 0 Å². The average Bonchev–Trinajstić information content (AvgIpc) is 3.20. The Morgan fingerprint density at radius 1 is 1.35 bits per heavy atom. The zero-order valence-electron chi connectivity index (χ0n) is 15.4. The molecule has 2 aromatic rings. The number of hydrogen-bond acceptors (Lipinski definition) is 6. The molecule has 8 nitrogen and oxygen atoms in total. The third-order valence-electron chi connectivity index (χ3n) is 4.59. The van der Waals surface area contributed by atoms with Crippen LogP contribution in [-0.2, 0) is 11.8 Å². The molecular formula is C18H25N5O3. The first-order valence-electron chi connectivity index (χ1n) is 8.62. The molecule has 1 aliphatic rings. The number of carbonyl (C=O) groups is 1. The Kier molecular flexibility index (Phi) is 5.85. The average molecular weight is 359 g/mol. The van der Waals surface area contributed by atoms with Crippen LogP contribution in [0.2, 0.25) is 0 Å². The fourth-order valence-electron chi connectivity index (χ4n) is 3.32. The van der Waals surface area contributed by atoms with Gasteiger partial charge >= 0.3 is 0 Å². The predicted octanol–water partition coefficient (Wildman–Crippen LogP) is 0.668. The van der Waals surface area contributed by atoms with Crippen molar-refractivity contribution in [3.05, 3.63) is 42.1 Å². The number of likely N-dealkylation sites (tertiary alicyclic amines) is 1. The van der Waals surface area contributed by atoms with Gasteiger partial charge in [-0.05, 0) is 19.2 Å². The van der Waals surface area contributed by atoms with Crippen molar-refractivity contribution in [3.8, 4) is 5.88 Å². The highest BCUT2D eigenvalue weighted by atomic mass is 16.5. The minimum absolute atomic E-state index is 0.00469. The third-order valence-corrected chi connectivity index (χ3v) is 4.59. The van der Waals surface area contributed by atoms with Crippen LogP contribution in [0.3, 0.4) is 0 Å². The largest absolute Gasteiger partial charge is 0.475 e. The molecule has 1 fully saturated rings. The van der Waals surface area contributed by atoms with Crippen LogP contribution in [0.25, 0.3) is 0 Å². The molecular weight excluding hydrogens is 334 g/mol. The van der Waals surface area contributed by atoms with Crippen molar-refractivity contribution >= 4 is 5.91 Å². The number of rotatable bonds is 7. The second kappa shape index (κ2) is 8.29. The maximum absolute atomic E-state index is 12.9. The molecule has 2 atom stereocenters. The Bertz CT molecular complexity index is 748. The number of amides is 1. The summed E-state index contributed by atoms with van der Waals surface area (Å²) in [5, 5.41) is 3.15. The topological polar surface area (TPSA) is 81.5 Å². The van der Waals surface area contributed by atoms with E-state index in [-0.39, 0.29) is 17.9 Å². The Balaban J connectivity index is 1.74. The van der Waals surface area contributed by atoms with Gasteiger partial charge in [-0.25, -0.2) is 9.97 Å². The molecule has 8 heteroatoms. The van der Waals surface area contributed by atoms with Gasteiger partial charge in [0, 0.05) is 51.3 Å². The molecule has 1 amide bonds. The fourth-order valence-corrected chi connectivity index (χ4v) is 3.32. The number of hydrogen-bond donors (Lipinski definition) is 1. The van der Waals surface area contributed by atoms with Gasteiger partial charge in [0.1, 0.15) is 12.2 Å². The molecule has 26 heavy (non-hydrogen) atoms. The van der Waals surface area contributed by atoms with E-state index in [1.54, 1.807) is 31.8 Å². The summed E-state index contributed by atoms with van der Waals surface area (Å²) < 4.78 is 12.6. The molecule has 0 bridgehead atoms. The van der Waals surface area contributed by atoms with Crippen molar-refractivity contribution in [2.75, 3.05) is 40.5 Å². The summed E-state index contributed by atoms with van der Waals surface area (Å²) in [5.74, 6) is 0.328. The number of pyridine rings is 1. The van der Waals surface area contributed by atoms with E-state index in [0.717, 1.165) is 18.8 Å². The van der Waals surface area contributed by atoms with Crippen molar-refractivity contribution in [1.29, 1.82) is 0 Å². The number of methoxy groups -OCH3 is 1. The normalized spacial score (nSPS) is 20.3. The van der Waals surface area contributed by atoms with Gasteiger partial charge in [0.05, 0.1) is 19.0 Å². The molecule has 0 aromatic carbocycles. The van der Waals surface area contributed by atoms with Gasteiger partial charge in [-0.2, -0.15) is 0 Å². The van der Waals surface area contributed by atoms with Gasteiger partial charge in [0.25, 0.3) is 5.91 Å². The number of carbonyl (C=O) groups excluding carboxylic acids is 1. The van der Waals surface area contributed by atoms with E-state index in [1.165, 1.54) is 0 Å². The molecule has 1 saturated heterocycles. The quantitative estimate of drug-likeness (QED) is 0.732. The third kappa shape index (κ3) is 4.03. The molecule has 140 valence electrons. The van der Waals surface area contributed by atoms with Crippen molar-refractivity contribution in [3.63, 3.8) is 0 Å². The molecule has 0 aliphatic carbocycles. The fraction of sp³-hybridized carbons (Fsp3) is 0.500. The van der Waals surface area contributed by atoms with E-state index >= 15 is 0 Å². The first-order chi connectivity index (χ1) is 12.6. The lowest BCUT2D eigenvalue weighted by Gasteiger charge is -2.21. The molecule has 3 rings (SSSR count). The van der Waals surface area contributed by atoms with Crippen LogP contribution in [0.15, 0.2) is 30.9 Å². The lowest BCUT2D eigenvalue weighted by Crippen LogP contribution is -2.40. The monoisotopic (exact) mass is 359 g/mol. The van der Waals surface area contributed by atoms with Crippen LogP contribution in [0.5, 0.6) is 5.88 Å². The van der Waals surface area contributed by atoms with E-state index in [9.17, 15) is 4.79 Å². The zero-order chi connectivity index (χ0) is 18.5. The Labute approximate surface area is 153 Å². The first kappa shape index (κ1) is 18.3. The maximum Gasteiger partial charge on any atom is 0.257 e.